The summed E-state index contributed by atoms with van der Waals surface area (Å²) in [5, 5.41) is 12.3. The highest BCUT2D eigenvalue weighted by molar-refractivity contribution is 6.31. The SMILES string of the molecule is COCCOC(=O)C1=C(C)N(c2ccc(C(=O)O)cc2)C(=O)NC1c1ccccc1Cl. The van der Waals surface area contributed by atoms with E-state index < -0.39 is 24.0 Å². The maximum absolute atomic E-state index is 13.0. The molecule has 3 rings (SSSR count). The van der Waals surface area contributed by atoms with Crippen LogP contribution < -0.4 is 10.2 Å². The van der Waals surface area contributed by atoms with Crippen molar-refractivity contribution >= 4 is 35.3 Å². The molecule has 1 unspecified atom stereocenters. The first-order valence-corrected chi connectivity index (χ1v) is 9.78. The van der Waals surface area contributed by atoms with Gasteiger partial charge in [-0.05, 0) is 42.8 Å². The molecule has 1 aliphatic rings. The van der Waals surface area contributed by atoms with Gasteiger partial charge in [0.15, 0.2) is 0 Å². The van der Waals surface area contributed by atoms with Crippen LogP contribution >= 0.6 is 11.6 Å². The molecule has 162 valence electrons. The van der Waals surface area contributed by atoms with Gasteiger partial charge in [0.05, 0.1) is 29.5 Å². The Labute approximate surface area is 184 Å². The summed E-state index contributed by atoms with van der Waals surface area (Å²) >= 11 is 6.34. The van der Waals surface area contributed by atoms with Crippen LogP contribution in [0.3, 0.4) is 0 Å². The summed E-state index contributed by atoms with van der Waals surface area (Å²) in [5.41, 5.74) is 1.59. The first-order chi connectivity index (χ1) is 14.8. The molecule has 1 heterocycles. The molecule has 0 spiro atoms. The highest BCUT2D eigenvalue weighted by atomic mass is 35.5. The second-order valence-corrected chi connectivity index (χ2v) is 7.13. The molecule has 1 atom stereocenters. The predicted molar refractivity (Wildman–Crippen MR) is 114 cm³/mol. The summed E-state index contributed by atoms with van der Waals surface area (Å²) in [7, 11) is 1.49. The third kappa shape index (κ3) is 4.70. The van der Waals surface area contributed by atoms with E-state index in [0.717, 1.165) is 0 Å². The van der Waals surface area contributed by atoms with Gasteiger partial charge in [-0.25, -0.2) is 14.4 Å². The second kappa shape index (κ2) is 9.63. The van der Waals surface area contributed by atoms with Crippen molar-refractivity contribution in [2.75, 3.05) is 25.2 Å². The third-order valence-electron chi connectivity index (χ3n) is 4.81. The fourth-order valence-electron chi connectivity index (χ4n) is 3.31. The van der Waals surface area contributed by atoms with Gasteiger partial charge >= 0.3 is 18.0 Å². The van der Waals surface area contributed by atoms with Crippen molar-refractivity contribution in [3.05, 3.63) is 76.0 Å². The normalized spacial score (nSPS) is 16.2. The summed E-state index contributed by atoms with van der Waals surface area (Å²) in [6.45, 7) is 1.89. The summed E-state index contributed by atoms with van der Waals surface area (Å²) in [6, 6.07) is 11.4. The number of anilines is 1. The van der Waals surface area contributed by atoms with Crippen molar-refractivity contribution in [2.24, 2.45) is 0 Å². The van der Waals surface area contributed by atoms with Gasteiger partial charge in [-0.2, -0.15) is 0 Å². The van der Waals surface area contributed by atoms with Crippen LogP contribution in [0.2, 0.25) is 5.02 Å². The zero-order valence-corrected chi connectivity index (χ0v) is 17.7. The third-order valence-corrected chi connectivity index (χ3v) is 5.16. The molecule has 0 radical (unpaired) electrons. The van der Waals surface area contributed by atoms with Gasteiger partial charge in [0.25, 0.3) is 0 Å². The Bertz CT molecular complexity index is 1030. The molecule has 0 bridgehead atoms. The van der Waals surface area contributed by atoms with Crippen molar-refractivity contribution in [1.82, 2.24) is 5.32 Å². The first kappa shape index (κ1) is 22.3. The summed E-state index contributed by atoms with van der Waals surface area (Å²) < 4.78 is 10.3. The van der Waals surface area contributed by atoms with E-state index in [4.69, 9.17) is 26.2 Å². The van der Waals surface area contributed by atoms with Crippen molar-refractivity contribution < 1.29 is 29.0 Å². The predicted octanol–water partition coefficient (Wildman–Crippen LogP) is 3.77. The van der Waals surface area contributed by atoms with Crippen LogP contribution in [-0.4, -0.2) is 43.4 Å². The van der Waals surface area contributed by atoms with E-state index in [9.17, 15) is 14.4 Å². The lowest BCUT2D eigenvalue weighted by Crippen LogP contribution is -2.48. The van der Waals surface area contributed by atoms with Crippen molar-refractivity contribution in [1.29, 1.82) is 0 Å². The van der Waals surface area contributed by atoms with Gasteiger partial charge in [0, 0.05) is 17.8 Å². The monoisotopic (exact) mass is 444 g/mol. The van der Waals surface area contributed by atoms with Crippen LogP contribution in [0.15, 0.2) is 59.8 Å². The number of hydrogen-bond donors (Lipinski definition) is 2. The number of rotatable bonds is 7. The molecule has 31 heavy (non-hydrogen) atoms. The van der Waals surface area contributed by atoms with Crippen LogP contribution in [0.1, 0.15) is 28.9 Å². The fourth-order valence-corrected chi connectivity index (χ4v) is 3.55. The van der Waals surface area contributed by atoms with E-state index in [1.165, 1.54) is 36.3 Å². The number of esters is 1. The number of benzene rings is 2. The Balaban J connectivity index is 2.07. The van der Waals surface area contributed by atoms with Gasteiger partial charge in [-0.3, -0.25) is 4.90 Å². The van der Waals surface area contributed by atoms with E-state index in [1.807, 2.05) is 0 Å². The Morgan fingerprint density at radius 3 is 2.42 bits per heavy atom. The summed E-state index contributed by atoms with van der Waals surface area (Å²) in [4.78, 5) is 38.4. The molecule has 0 aromatic heterocycles. The minimum absolute atomic E-state index is 0.0443. The van der Waals surface area contributed by atoms with E-state index in [2.05, 4.69) is 5.32 Å². The smallest absolute Gasteiger partial charge is 0.338 e. The molecule has 8 nitrogen and oxygen atoms in total. The number of carbonyl (C=O) groups is 3. The van der Waals surface area contributed by atoms with E-state index >= 15 is 0 Å². The largest absolute Gasteiger partial charge is 0.478 e. The molecule has 1 aliphatic heterocycles. The van der Waals surface area contributed by atoms with Crippen LogP contribution in [-0.2, 0) is 14.3 Å². The summed E-state index contributed by atoms with van der Waals surface area (Å²) in [5.74, 6) is -1.70. The minimum Gasteiger partial charge on any atom is -0.478 e. The fraction of sp³-hybridized carbons (Fsp3) is 0.227. The second-order valence-electron chi connectivity index (χ2n) is 6.72. The molecule has 0 saturated heterocycles. The molecular formula is C22H21ClN2O6. The standard InChI is InChI=1S/C22H21ClN2O6/c1-13-18(21(28)31-12-11-30-2)19(16-5-3-4-6-17(16)23)24-22(29)25(13)15-9-7-14(8-10-15)20(26)27/h3-10,19H,11-12H2,1-2H3,(H,24,29)(H,26,27). The van der Waals surface area contributed by atoms with E-state index in [0.29, 0.717) is 22.0 Å². The number of halogens is 1. The highest BCUT2D eigenvalue weighted by Crippen LogP contribution is 2.36. The lowest BCUT2D eigenvalue weighted by Gasteiger charge is -2.35. The molecule has 0 fully saturated rings. The van der Waals surface area contributed by atoms with E-state index in [-0.39, 0.29) is 24.4 Å². The van der Waals surface area contributed by atoms with Crippen LogP contribution in [0.4, 0.5) is 10.5 Å². The average molecular weight is 445 g/mol. The van der Waals surface area contributed by atoms with Crippen molar-refractivity contribution in [3.63, 3.8) is 0 Å². The molecule has 0 saturated carbocycles. The zero-order valence-electron chi connectivity index (χ0n) is 16.9. The number of nitrogens with one attached hydrogen (secondary N) is 1. The lowest BCUT2D eigenvalue weighted by molar-refractivity contribution is -0.140. The molecule has 0 aliphatic carbocycles. The van der Waals surface area contributed by atoms with Gasteiger partial charge in [-0.1, -0.05) is 29.8 Å². The number of carboxylic acid groups (broad SMARTS) is 1. The van der Waals surface area contributed by atoms with E-state index in [1.54, 1.807) is 31.2 Å². The number of methoxy groups -OCH3 is 1. The quantitative estimate of drug-likeness (QED) is 0.497. The molecular weight excluding hydrogens is 424 g/mol. The van der Waals surface area contributed by atoms with Gasteiger partial charge in [0.2, 0.25) is 0 Å². The number of hydrogen-bond acceptors (Lipinski definition) is 5. The molecule has 2 N–H and O–H groups in total. The Kier molecular flexibility index (Phi) is 6.94. The summed E-state index contributed by atoms with van der Waals surface area (Å²) in [6.07, 6.45) is 0. The van der Waals surface area contributed by atoms with Gasteiger partial charge < -0.3 is 19.9 Å². The maximum Gasteiger partial charge on any atom is 0.338 e. The first-order valence-electron chi connectivity index (χ1n) is 9.40. The Hall–Kier alpha value is -3.36. The van der Waals surface area contributed by atoms with Gasteiger partial charge in [-0.15, -0.1) is 0 Å². The molecule has 2 aromatic carbocycles. The lowest BCUT2D eigenvalue weighted by atomic mass is 9.94. The van der Waals surface area contributed by atoms with Crippen LogP contribution in [0.5, 0.6) is 0 Å². The minimum atomic E-state index is -1.08. The van der Waals surface area contributed by atoms with Crippen molar-refractivity contribution in [2.45, 2.75) is 13.0 Å². The number of aromatic carboxylic acids is 1. The maximum atomic E-state index is 13.0. The number of nitrogens with zero attached hydrogens (tertiary/aromatic N) is 1. The van der Waals surface area contributed by atoms with Crippen LogP contribution in [0, 0.1) is 0 Å². The average Bonchev–Trinajstić information content (AvgIpc) is 2.74. The van der Waals surface area contributed by atoms with Gasteiger partial charge in [0.1, 0.15) is 6.61 Å². The Morgan fingerprint density at radius 1 is 1.13 bits per heavy atom. The molecule has 9 heteroatoms. The number of urea groups is 1. The van der Waals surface area contributed by atoms with Crippen molar-refractivity contribution in [3.8, 4) is 0 Å². The van der Waals surface area contributed by atoms with Crippen LogP contribution in [0.25, 0.3) is 0 Å². The molecule has 2 amide bonds. The number of allylic oxidation sites excluding steroid dienone is 1. The number of ether oxygens (including phenoxy) is 2. The molecule has 2 aromatic rings. The number of amides is 2. The topological polar surface area (TPSA) is 105 Å². The number of carboxylic acids is 1. The Morgan fingerprint density at radius 2 is 1.81 bits per heavy atom. The highest BCUT2D eigenvalue weighted by Gasteiger charge is 2.38. The zero-order chi connectivity index (χ0) is 22.5. The number of carbonyl (C=O) groups excluding carboxylic acids is 2.